The number of fused-ring (bicyclic) bond motifs is 10. The summed E-state index contributed by atoms with van der Waals surface area (Å²) in [5.41, 5.74) is 13.3. The zero-order valence-corrected chi connectivity index (χ0v) is 24.5. The highest BCUT2D eigenvalue weighted by molar-refractivity contribution is 7.20. The van der Waals surface area contributed by atoms with Crippen LogP contribution < -0.4 is 0 Å². The third kappa shape index (κ3) is 3.19. The monoisotopic (exact) mass is 555 g/mol. The normalized spacial score (nSPS) is 14.8. The van der Waals surface area contributed by atoms with E-state index in [-0.39, 0.29) is 5.41 Å². The molecule has 0 fully saturated rings. The molecule has 0 saturated heterocycles. The molecule has 0 atom stereocenters. The molecule has 9 rings (SSSR count). The Bertz CT molecular complexity index is 2290. The summed E-state index contributed by atoms with van der Waals surface area (Å²) < 4.78 is 3.86. The topological polar surface area (TPSA) is 4.93 Å². The molecular weight excluding hydrogens is 527 g/mol. The van der Waals surface area contributed by atoms with Crippen molar-refractivity contribution in [3.05, 3.63) is 143 Å². The molecule has 0 aliphatic heterocycles. The van der Waals surface area contributed by atoms with Crippen molar-refractivity contribution < 1.29 is 0 Å². The number of para-hydroxylation sites is 2. The minimum absolute atomic E-state index is 0.0411. The van der Waals surface area contributed by atoms with Crippen LogP contribution in [-0.2, 0) is 11.8 Å². The fourth-order valence-electron chi connectivity index (χ4n) is 7.51. The van der Waals surface area contributed by atoms with Crippen LogP contribution in [0.2, 0.25) is 0 Å². The lowest BCUT2D eigenvalue weighted by atomic mass is 9.81. The third-order valence-electron chi connectivity index (χ3n) is 9.45. The van der Waals surface area contributed by atoms with Crippen molar-refractivity contribution in [1.82, 2.24) is 4.57 Å². The Kier molecular flexibility index (Phi) is 4.95. The van der Waals surface area contributed by atoms with E-state index in [0.717, 1.165) is 6.42 Å². The van der Waals surface area contributed by atoms with Gasteiger partial charge in [0.25, 0.3) is 0 Å². The fourth-order valence-corrected chi connectivity index (χ4v) is 8.70. The quantitative estimate of drug-likeness (QED) is 0.200. The maximum absolute atomic E-state index is 2.51. The molecule has 2 aliphatic rings. The molecule has 1 nitrogen and oxygen atoms in total. The van der Waals surface area contributed by atoms with E-state index in [4.69, 9.17) is 0 Å². The number of nitrogens with zero attached hydrogens (tertiary/aromatic N) is 1. The first-order valence-corrected chi connectivity index (χ1v) is 15.6. The van der Waals surface area contributed by atoms with E-state index in [0.29, 0.717) is 0 Å². The average molecular weight is 556 g/mol. The van der Waals surface area contributed by atoms with Crippen molar-refractivity contribution >= 4 is 49.3 Å². The van der Waals surface area contributed by atoms with Gasteiger partial charge >= 0.3 is 0 Å². The second kappa shape index (κ2) is 8.67. The van der Waals surface area contributed by atoms with Gasteiger partial charge in [0.05, 0.1) is 11.0 Å². The van der Waals surface area contributed by atoms with Crippen molar-refractivity contribution in [3.8, 4) is 27.9 Å². The molecule has 7 aromatic rings. The van der Waals surface area contributed by atoms with Gasteiger partial charge in [0.15, 0.2) is 0 Å². The standard InChI is InChI=1S/C40H29NS/c1-40(2)32-18-11-9-15-27(32)28-22-21-25(23-33(28)40)31-24-36-38(30-17-7-4-8-20-35(30)42-36)39-37(31)29-16-10-12-19-34(29)41(39)26-13-5-3-6-14-26/h3-16,18-24H,17H2,1-2H3. The lowest BCUT2D eigenvalue weighted by Crippen LogP contribution is -2.14. The SMILES string of the molecule is CC1(C)c2ccccc2-c2ccc(-c3cc4sc5c(c4c4c3c3ccccc3n4-c3ccccc3)CC=CC=C5)cc21. The van der Waals surface area contributed by atoms with E-state index >= 15 is 0 Å². The molecule has 2 aromatic heterocycles. The van der Waals surface area contributed by atoms with E-state index < -0.39 is 0 Å². The molecule has 0 bridgehead atoms. The Morgan fingerprint density at radius 2 is 1.48 bits per heavy atom. The summed E-state index contributed by atoms with van der Waals surface area (Å²) in [7, 11) is 0. The minimum atomic E-state index is -0.0411. The van der Waals surface area contributed by atoms with Crippen molar-refractivity contribution in [2.75, 3.05) is 0 Å². The summed E-state index contributed by atoms with van der Waals surface area (Å²) in [5.74, 6) is 0. The smallest absolute Gasteiger partial charge is 0.0637 e. The minimum Gasteiger partial charge on any atom is -0.309 e. The summed E-state index contributed by atoms with van der Waals surface area (Å²) in [6.07, 6.45) is 9.90. The maximum atomic E-state index is 2.51. The van der Waals surface area contributed by atoms with Crippen LogP contribution >= 0.6 is 11.3 Å². The number of thiophene rings is 1. The lowest BCUT2D eigenvalue weighted by molar-refractivity contribution is 0.660. The van der Waals surface area contributed by atoms with Crippen LogP contribution in [0.25, 0.3) is 65.9 Å². The predicted molar refractivity (Wildman–Crippen MR) is 181 cm³/mol. The Morgan fingerprint density at radius 3 is 2.38 bits per heavy atom. The highest BCUT2D eigenvalue weighted by Crippen LogP contribution is 2.52. The lowest BCUT2D eigenvalue weighted by Gasteiger charge is -2.22. The van der Waals surface area contributed by atoms with Gasteiger partial charge in [-0.15, -0.1) is 11.3 Å². The van der Waals surface area contributed by atoms with E-state index in [1.54, 1.807) is 0 Å². The van der Waals surface area contributed by atoms with Gasteiger partial charge in [-0.3, -0.25) is 0 Å². The Hall–Kier alpha value is -4.66. The van der Waals surface area contributed by atoms with Crippen LogP contribution in [-0.4, -0.2) is 4.57 Å². The van der Waals surface area contributed by atoms with Crippen LogP contribution in [0.1, 0.15) is 35.4 Å². The van der Waals surface area contributed by atoms with Gasteiger partial charge in [-0.2, -0.15) is 0 Å². The molecule has 0 spiro atoms. The molecule has 2 heteroatoms. The predicted octanol–water partition coefficient (Wildman–Crippen LogP) is 11.1. The molecular formula is C40H29NS. The van der Waals surface area contributed by atoms with Crippen LogP contribution in [0.4, 0.5) is 0 Å². The Balaban J connectivity index is 1.44. The van der Waals surface area contributed by atoms with E-state index in [1.165, 1.54) is 81.4 Å². The summed E-state index contributed by atoms with van der Waals surface area (Å²) in [6, 6.07) is 38.4. The second-order valence-corrected chi connectivity index (χ2v) is 13.2. The number of hydrogen-bond donors (Lipinski definition) is 0. The number of hydrogen-bond acceptors (Lipinski definition) is 1. The molecule has 0 unspecified atom stereocenters. The van der Waals surface area contributed by atoms with Crippen LogP contribution in [0.15, 0.2) is 121 Å². The van der Waals surface area contributed by atoms with Crippen molar-refractivity contribution in [2.24, 2.45) is 0 Å². The summed E-state index contributed by atoms with van der Waals surface area (Å²) >= 11 is 1.93. The fraction of sp³-hybridized carbons (Fsp3) is 0.100. The molecule has 0 radical (unpaired) electrons. The summed E-state index contributed by atoms with van der Waals surface area (Å²) in [4.78, 5) is 1.36. The highest BCUT2D eigenvalue weighted by atomic mass is 32.1. The van der Waals surface area contributed by atoms with Crippen molar-refractivity contribution in [3.63, 3.8) is 0 Å². The van der Waals surface area contributed by atoms with E-state index in [9.17, 15) is 0 Å². The number of rotatable bonds is 2. The van der Waals surface area contributed by atoms with Crippen LogP contribution in [0.5, 0.6) is 0 Å². The molecule has 0 amide bonds. The van der Waals surface area contributed by atoms with E-state index in [1.807, 2.05) is 11.3 Å². The van der Waals surface area contributed by atoms with Crippen molar-refractivity contribution in [1.29, 1.82) is 0 Å². The van der Waals surface area contributed by atoms with Crippen molar-refractivity contribution in [2.45, 2.75) is 25.7 Å². The average Bonchev–Trinajstić information content (AvgIpc) is 3.55. The summed E-state index contributed by atoms with van der Waals surface area (Å²) in [6.45, 7) is 4.75. The first kappa shape index (κ1) is 24.0. The molecule has 2 aliphatic carbocycles. The second-order valence-electron chi connectivity index (χ2n) is 12.1. The third-order valence-corrected chi connectivity index (χ3v) is 10.6. The summed E-state index contributed by atoms with van der Waals surface area (Å²) in [5, 5.41) is 4.03. The van der Waals surface area contributed by atoms with Gasteiger partial charge in [-0.25, -0.2) is 0 Å². The number of allylic oxidation sites excluding steroid dienone is 3. The molecule has 5 aromatic carbocycles. The number of benzene rings is 5. The first-order chi connectivity index (χ1) is 20.6. The molecule has 2 heterocycles. The first-order valence-electron chi connectivity index (χ1n) is 14.8. The van der Waals surface area contributed by atoms with Gasteiger partial charge < -0.3 is 4.57 Å². The highest BCUT2D eigenvalue weighted by Gasteiger charge is 2.35. The zero-order valence-electron chi connectivity index (χ0n) is 23.7. The van der Waals surface area contributed by atoms with Gasteiger partial charge in [-0.05, 0) is 81.8 Å². The zero-order chi connectivity index (χ0) is 28.0. The molecule has 200 valence electrons. The molecule has 0 saturated carbocycles. The molecule has 42 heavy (non-hydrogen) atoms. The van der Waals surface area contributed by atoms with Gasteiger partial charge in [0, 0.05) is 36.8 Å². The van der Waals surface area contributed by atoms with E-state index in [2.05, 4.69) is 146 Å². The van der Waals surface area contributed by atoms with Gasteiger partial charge in [0.2, 0.25) is 0 Å². The maximum Gasteiger partial charge on any atom is 0.0637 e. The molecule has 0 N–H and O–H groups in total. The number of aromatic nitrogens is 1. The Labute approximate surface area is 249 Å². The Morgan fingerprint density at radius 1 is 0.690 bits per heavy atom. The van der Waals surface area contributed by atoms with Crippen LogP contribution in [0, 0.1) is 0 Å². The van der Waals surface area contributed by atoms with Gasteiger partial charge in [-0.1, -0.05) is 105 Å². The largest absolute Gasteiger partial charge is 0.309 e. The van der Waals surface area contributed by atoms with Gasteiger partial charge in [0.1, 0.15) is 0 Å². The van der Waals surface area contributed by atoms with Crippen LogP contribution in [0.3, 0.4) is 0 Å².